The molecule has 0 saturated heterocycles. The SMILES string of the molecule is CCCCN/C(N)=N/c1nc(-c2cccc(CNC(=O)OCC)n2)cs1. The fourth-order valence-corrected chi connectivity index (χ4v) is 2.73. The number of carbonyl (C=O) groups is 1. The molecule has 0 aliphatic heterocycles. The molecule has 1 amide bonds. The number of rotatable bonds is 8. The number of aromatic nitrogens is 2. The van der Waals surface area contributed by atoms with Crippen LogP contribution in [0.4, 0.5) is 9.93 Å². The second kappa shape index (κ2) is 10.3. The second-order valence-corrected chi connectivity index (χ2v) is 6.22. The van der Waals surface area contributed by atoms with Gasteiger partial charge in [-0.3, -0.25) is 0 Å². The van der Waals surface area contributed by atoms with E-state index in [1.54, 1.807) is 6.92 Å². The maximum Gasteiger partial charge on any atom is 0.407 e. The quantitative estimate of drug-likeness (QED) is 0.371. The lowest BCUT2D eigenvalue weighted by atomic mass is 10.2. The Labute approximate surface area is 156 Å². The summed E-state index contributed by atoms with van der Waals surface area (Å²) in [6, 6.07) is 5.56. The summed E-state index contributed by atoms with van der Waals surface area (Å²) in [4.78, 5) is 24.6. The Balaban J connectivity index is 2.01. The summed E-state index contributed by atoms with van der Waals surface area (Å²) in [6.45, 7) is 5.29. The number of unbranched alkanes of at least 4 members (excludes halogenated alkanes) is 1. The molecule has 0 radical (unpaired) electrons. The Kier molecular flexibility index (Phi) is 7.81. The topological polar surface area (TPSA) is 115 Å². The zero-order valence-electron chi connectivity index (χ0n) is 15.0. The molecular weight excluding hydrogens is 352 g/mol. The van der Waals surface area contributed by atoms with Crippen LogP contribution in [0.2, 0.25) is 0 Å². The van der Waals surface area contributed by atoms with E-state index in [1.807, 2.05) is 23.6 Å². The van der Waals surface area contributed by atoms with E-state index in [0.717, 1.165) is 19.4 Å². The molecule has 0 saturated carbocycles. The first-order chi connectivity index (χ1) is 12.6. The monoisotopic (exact) mass is 376 g/mol. The fraction of sp³-hybridized carbons (Fsp3) is 0.412. The third-order valence-corrected chi connectivity index (χ3v) is 4.04. The average molecular weight is 376 g/mol. The minimum atomic E-state index is -0.462. The van der Waals surface area contributed by atoms with Crippen molar-refractivity contribution < 1.29 is 9.53 Å². The van der Waals surface area contributed by atoms with Crippen molar-refractivity contribution in [3.05, 3.63) is 29.3 Å². The van der Waals surface area contributed by atoms with Crippen LogP contribution in [0.25, 0.3) is 11.4 Å². The highest BCUT2D eigenvalue weighted by molar-refractivity contribution is 7.13. The number of carbonyl (C=O) groups excluding carboxylic acids is 1. The Morgan fingerprint density at radius 2 is 2.12 bits per heavy atom. The fourth-order valence-electron chi connectivity index (χ4n) is 2.03. The van der Waals surface area contributed by atoms with Crippen molar-refractivity contribution in [2.45, 2.75) is 33.2 Å². The smallest absolute Gasteiger partial charge is 0.407 e. The summed E-state index contributed by atoms with van der Waals surface area (Å²) < 4.78 is 4.83. The summed E-state index contributed by atoms with van der Waals surface area (Å²) in [5, 5.41) is 8.15. The van der Waals surface area contributed by atoms with Crippen LogP contribution in [0, 0.1) is 0 Å². The summed E-state index contributed by atoms with van der Waals surface area (Å²) in [5.41, 5.74) is 7.99. The zero-order chi connectivity index (χ0) is 18.8. The number of guanidine groups is 1. The summed E-state index contributed by atoms with van der Waals surface area (Å²) in [5.74, 6) is 0.361. The van der Waals surface area contributed by atoms with E-state index < -0.39 is 6.09 Å². The number of thiazole rings is 1. The van der Waals surface area contributed by atoms with Crippen molar-refractivity contribution in [2.75, 3.05) is 13.2 Å². The summed E-state index contributed by atoms with van der Waals surface area (Å²) >= 11 is 1.39. The molecule has 9 heteroatoms. The van der Waals surface area contributed by atoms with Gasteiger partial charge in [0.05, 0.1) is 24.5 Å². The number of nitrogens with two attached hydrogens (primary N) is 1. The van der Waals surface area contributed by atoms with Crippen molar-refractivity contribution >= 4 is 28.5 Å². The second-order valence-electron chi connectivity index (χ2n) is 5.38. The van der Waals surface area contributed by atoms with Gasteiger partial charge in [0.25, 0.3) is 0 Å². The van der Waals surface area contributed by atoms with Crippen LogP contribution in [0.1, 0.15) is 32.4 Å². The molecule has 0 aliphatic rings. The largest absolute Gasteiger partial charge is 0.450 e. The Morgan fingerprint density at radius 1 is 1.27 bits per heavy atom. The maximum absolute atomic E-state index is 11.4. The lowest BCUT2D eigenvalue weighted by Gasteiger charge is -2.05. The molecule has 0 aromatic carbocycles. The molecule has 4 N–H and O–H groups in total. The van der Waals surface area contributed by atoms with E-state index in [0.29, 0.717) is 34.8 Å². The van der Waals surface area contributed by atoms with Gasteiger partial charge in [0, 0.05) is 11.9 Å². The average Bonchev–Trinajstić information content (AvgIpc) is 3.09. The van der Waals surface area contributed by atoms with E-state index in [2.05, 4.69) is 32.5 Å². The number of aliphatic imine (C=N–C) groups is 1. The molecule has 2 rings (SSSR count). The summed E-state index contributed by atoms with van der Waals surface area (Å²) in [6.07, 6.45) is 1.67. The third kappa shape index (κ3) is 6.32. The van der Waals surface area contributed by atoms with Crippen molar-refractivity contribution in [3.63, 3.8) is 0 Å². The van der Waals surface area contributed by atoms with Crippen LogP contribution < -0.4 is 16.4 Å². The van der Waals surface area contributed by atoms with Gasteiger partial charge >= 0.3 is 6.09 Å². The van der Waals surface area contributed by atoms with Crippen molar-refractivity contribution in [1.82, 2.24) is 20.6 Å². The number of hydrogen-bond acceptors (Lipinski definition) is 6. The van der Waals surface area contributed by atoms with Crippen molar-refractivity contribution in [1.29, 1.82) is 0 Å². The predicted molar refractivity (Wildman–Crippen MR) is 103 cm³/mol. The van der Waals surface area contributed by atoms with E-state index in [1.165, 1.54) is 11.3 Å². The van der Waals surface area contributed by atoms with Gasteiger partial charge in [-0.15, -0.1) is 11.3 Å². The molecule has 0 aliphatic carbocycles. The minimum absolute atomic E-state index is 0.288. The highest BCUT2D eigenvalue weighted by Crippen LogP contribution is 2.25. The molecule has 2 heterocycles. The van der Waals surface area contributed by atoms with Crippen LogP contribution in [0.15, 0.2) is 28.6 Å². The van der Waals surface area contributed by atoms with E-state index in [4.69, 9.17) is 10.5 Å². The summed E-state index contributed by atoms with van der Waals surface area (Å²) in [7, 11) is 0. The third-order valence-electron chi connectivity index (χ3n) is 3.30. The minimum Gasteiger partial charge on any atom is -0.450 e. The van der Waals surface area contributed by atoms with Crippen LogP contribution >= 0.6 is 11.3 Å². The Morgan fingerprint density at radius 3 is 2.88 bits per heavy atom. The van der Waals surface area contributed by atoms with E-state index >= 15 is 0 Å². The van der Waals surface area contributed by atoms with Gasteiger partial charge in [-0.1, -0.05) is 19.4 Å². The first kappa shape index (κ1) is 19.6. The Hall–Kier alpha value is -2.68. The lowest BCUT2D eigenvalue weighted by molar-refractivity contribution is 0.151. The van der Waals surface area contributed by atoms with Gasteiger partial charge in [-0.25, -0.2) is 14.8 Å². The number of amides is 1. The van der Waals surface area contributed by atoms with Gasteiger partial charge < -0.3 is 21.1 Å². The van der Waals surface area contributed by atoms with Gasteiger partial charge in [-0.05, 0) is 25.5 Å². The van der Waals surface area contributed by atoms with Crippen LogP contribution in [-0.2, 0) is 11.3 Å². The van der Waals surface area contributed by atoms with Crippen molar-refractivity contribution in [2.24, 2.45) is 10.7 Å². The van der Waals surface area contributed by atoms with Crippen LogP contribution in [-0.4, -0.2) is 35.2 Å². The van der Waals surface area contributed by atoms with Crippen LogP contribution in [0.3, 0.4) is 0 Å². The highest BCUT2D eigenvalue weighted by Gasteiger charge is 2.08. The van der Waals surface area contributed by atoms with Gasteiger partial charge in [0.2, 0.25) is 5.13 Å². The Bertz CT molecular complexity index is 746. The molecule has 0 fully saturated rings. The molecule has 26 heavy (non-hydrogen) atoms. The zero-order valence-corrected chi connectivity index (χ0v) is 15.8. The number of ether oxygens (including phenoxy) is 1. The lowest BCUT2D eigenvalue weighted by Crippen LogP contribution is -2.31. The molecule has 140 valence electrons. The molecule has 0 bridgehead atoms. The molecule has 0 unspecified atom stereocenters. The molecule has 0 spiro atoms. The highest BCUT2D eigenvalue weighted by atomic mass is 32.1. The van der Waals surface area contributed by atoms with E-state index in [9.17, 15) is 4.79 Å². The molecule has 8 nitrogen and oxygen atoms in total. The van der Waals surface area contributed by atoms with Gasteiger partial charge in [0.15, 0.2) is 5.96 Å². The number of hydrogen-bond donors (Lipinski definition) is 3. The predicted octanol–water partition coefficient (Wildman–Crippen LogP) is 2.79. The molecule has 0 atom stereocenters. The number of pyridine rings is 1. The van der Waals surface area contributed by atoms with Crippen molar-refractivity contribution in [3.8, 4) is 11.4 Å². The first-order valence-electron chi connectivity index (χ1n) is 8.52. The molecule has 2 aromatic heterocycles. The standard InChI is InChI=1S/C17H24N6O2S/c1-3-5-9-19-15(18)23-16-22-14(11-26-16)13-8-6-7-12(21-13)10-20-17(24)25-4-2/h6-8,11H,3-5,9-10H2,1-2H3,(H,20,24)(H3,18,19,22,23). The van der Waals surface area contributed by atoms with Gasteiger partial charge in [-0.2, -0.15) is 4.99 Å². The number of nitrogens with zero attached hydrogens (tertiary/aromatic N) is 3. The molecule has 2 aromatic rings. The normalized spacial score (nSPS) is 11.2. The number of alkyl carbamates (subject to hydrolysis) is 1. The van der Waals surface area contributed by atoms with Crippen LogP contribution in [0.5, 0.6) is 0 Å². The maximum atomic E-state index is 11.4. The number of nitrogens with one attached hydrogen (secondary N) is 2. The van der Waals surface area contributed by atoms with E-state index in [-0.39, 0.29) is 6.54 Å². The van der Waals surface area contributed by atoms with Gasteiger partial charge in [0.1, 0.15) is 5.69 Å². The first-order valence-corrected chi connectivity index (χ1v) is 9.40. The molecular formula is C17H24N6O2S.